The molecule has 1 saturated heterocycles. The van der Waals surface area contributed by atoms with Crippen molar-refractivity contribution in [3.8, 4) is 0 Å². The number of hydrogen-bond acceptors (Lipinski definition) is 3. The molecule has 0 radical (unpaired) electrons. The van der Waals surface area contributed by atoms with Gasteiger partial charge in [0.2, 0.25) is 0 Å². The summed E-state index contributed by atoms with van der Waals surface area (Å²) >= 11 is 0. The van der Waals surface area contributed by atoms with Gasteiger partial charge in [0.05, 0.1) is 0 Å². The molecule has 0 aromatic carbocycles. The Morgan fingerprint density at radius 3 is 2.79 bits per heavy atom. The molecule has 0 bridgehead atoms. The van der Waals surface area contributed by atoms with E-state index in [1.54, 1.807) is 0 Å². The predicted octanol–water partition coefficient (Wildman–Crippen LogP) is 0.882. The molecular weight excluding hydrogens is 246 g/mol. The fourth-order valence-corrected chi connectivity index (χ4v) is 2.34. The van der Waals surface area contributed by atoms with Crippen LogP contribution in [-0.2, 0) is 4.79 Å². The summed E-state index contributed by atoms with van der Waals surface area (Å²) in [5, 5.41) is 14.1. The van der Waals surface area contributed by atoms with Gasteiger partial charge in [-0.05, 0) is 45.2 Å². The highest BCUT2D eigenvalue weighted by atomic mass is 16.4. The van der Waals surface area contributed by atoms with E-state index in [4.69, 9.17) is 5.11 Å². The molecule has 19 heavy (non-hydrogen) atoms. The zero-order valence-corrected chi connectivity index (χ0v) is 11.7. The van der Waals surface area contributed by atoms with E-state index >= 15 is 0 Å². The first-order chi connectivity index (χ1) is 9.08. The number of piperidine rings is 1. The third-order valence-corrected chi connectivity index (χ3v) is 3.38. The van der Waals surface area contributed by atoms with Crippen LogP contribution in [0.2, 0.25) is 0 Å². The number of likely N-dealkylation sites (tertiary alicyclic amines) is 1. The van der Waals surface area contributed by atoms with Crippen LogP contribution in [0, 0.1) is 5.92 Å². The number of carbonyl (C=O) groups is 2. The van der Waals surface area contributed by atoms with Crippen LogP contribution >= 0.6 is 0 Å². The van der Waals surface area contributed by atoms with Crippen LogP contribution < -0.4 is 10.6 Å². The van der Waals surface area contributed by atoms with Crippen molar-refractivity contribution in [1.29, 1.82) is 0 Å². The lowest BCUT2D eigenvalue weighted by Crippen LogP contribution is -2.42. The maximum atomic E-state index is 11.5. The molecule has 1 aliphatic heterocycles. The molecule has 1 rings (SSSR count). The van der Waals surface area contributed by atoms with Crippen LogP contribution in [0.15, 0.2) is 0 Å². The third-order valence-electron chi connectivity index (χ3n) is 3.38. The Morgan fingerprint density at radius 1 is 1.32 bits per heavy atom. The second-order valence-corrected chi connectivity index (χ2v) is 5.26. The smallest absolute Gasteiger partial charge is 0.314 e. The van der Waals surface area contributed by atoms with E-state index in [-0.39, 0.29) is 12.5 Å². The topological polar surface area (TPSA) is 81.7 Å². The van der Waals surface area contributed by atoms with Crippen molar-refractivity contribution in [3.05, 3.63) is 0 Å². The summed E-state index contributed by atoms with van der Waals surface area (Å²) in [7, 11) is 2.11. The highest BCUT2D eigenvalue weighted by Crippen LogP contribution is 2.13. The average Bonchev–Trinajstić information content (AvgIpc) is 2.35. The number of carboxylic acids is 1. The molecule has 1 unspecified atom stereocenters. The molecule has 1 heterocycles. The number of hydrogen-bond donors (Lipinski definition) is 3. The Bertz CT molecular complexity index is 297. The third kappa shape index (κ3) is 7.66. The summed E-state index contributed by atoms with van der Waals surface area (Å²) in [4.78, 5) is 24.1. The first-order valence-corrected chi connectivity index (χ1v) is 7.00. The van der Waals surface area contributed by atoms with E-state index in [0.29, 0.717) is 31.8 Å². The zero-order valence-electron chi connectivity index (χ0n) is 11.7. The lowest BCUT2D eigenvalue weighted by molar-refractivity contribution is -0.137. The van der Waals surface area contributed by atoms with Crippen LogP contribution in [0.4, 0.5) is 4.79 Å². The maximum absolute atomic E-state index is 11.5. The van der Waals surface area contributed by atoms with E-state index in [2.05, 4.69) is 22.6 Å². The van der Waals surface area contributed by atoms with Crippen molar-refractivity contribution in [2.24, 2.45) is 5.92 Å². The number of amides is 2. The summed E-state index contributed by atoms with van der Waals surface area (Å²) in [6.45, 7) is 3.43. The van der Waals surface area contributed by atoms with Gasteiger partial charge in [0.15, 0.2) is 0 Å². The minimum atomic E-state index is -0.786. The molecule has 0 aromatic rings. The highest BCUT2D eigenvalue weighted by molar-refractivity contribution is 5.73. The lowest BCUT2D eigenvalue weighted by Gasteiger charge is -2.29. The van der Waals surface area contributed by atoms with Crippen LogP contribution in [-0.4, -0.2) is 55.2 Å². The van der Waals surface area contributed by atoms with Gasteiger partial charge in [-0.3, -0.25) is 4.79 Å². The van der Waals surface area contributed by atoms with Gasteiger partial charge in [-0.15, -0.1) is 0 Å². The molecule has 1 fully saturated rings. The predicted molar refractivity (Wildman–Crippen MR) is 73.1 cm³/mol. The minimum absolute atomic E-state index is 0.149. The molecule has 0 aromatic heterocycles. The van der Waals surface area contributed by atoms with E-state index in [9.17, 15) is 9.59 Å². The summed E-state index contributed by atoms with van der Waals surface area (Å²) in [6.07, 6.45) is 3.83. The quantitative estimate of drug-likeness (QED) is 0.600. The number of nitrogens with one attached hydrogen (secondary N) is 2. The molecule has 1 aliphatic rings. The van der Waals surface area contributed by atoms with Crippen LogP contribution in [0.25, 0.3) is 0 Å². The second-order valence-electron chi connectivity index (χ2n) is 5.26. The van der Waals surface area contributed by atoms with Gasteiger partial charge < -0.3 is 20.6 Å². The summed E-state index contributed by atoms with van der Waals surface area (Å²) in [5.41, 5.74) is 0. The molecule has 1 atom stereocenters. The Hall–Kier alpha value is -1.30. The van der Waals surface area contributed by atoms with Gasteiger partial charge in [0, 0.05) is 26.1 Å². The minimum Gasteiger partial charge on any atom is -0.481 e. The van der Waals surface area contributed by atoms with Crippen molar-refractivity contribution in [1.82, 2.24) is 15.5 Å². The number of urea groups is 1. The molecular formula is C13H25N3O3. The Morgan fingerprint density at radius 2 is 2.11 bits per heavy atom. The van der Waals surface area contributed by atoms with Gasteiger partial charge in [0.25, 0.3) is 0 Å². The lowest BCUT2D eigenvalue weighted by atomic mass is 9.99. The number of nitrogens with zero attached hydrogens (tertiary/aromatic N) is 1. The summed E-state index contributed by atoms with van der Waals surface area (Å²) in [5.74, 6) is -0.248. The Kier molecular flexibility index (Phi) is 7.25. The highest BCUT2D eigenvalue weighted by Gasteiger charge is 2.17. The number of carboxylic acid groups (broad SMARTS) is 1. The van der Waals surface area contributed by atoms with Crippen molar-refractivity contribution in [3.63, 3.8) is 0 Å². The molecule has 2 amide bonds. The van der Waals surface area contributed by atoms with Crippen molar-refractivity contribution in [2.45, 2.75) is 32.1 Å². The Labute approximate surface area is 114 Å². The van der Waals surface area contributed by atoms with Crippen LogP contribution in [0.3, 0.4) is 0 Å². The number of carbonyl (C=O) groups excluding carboxylic acids is 1. The standard InChI is InChI=1S/C13H25N3O3/c1-16-8-4-5-11(10-16)9-15-13(19)14-7-3-2-6-12(17)18/h11H,2-10H2,1H3,(H,17,18)(H2,14,15,19). The second kappa shape index (κ2) is 8.74. The normalized spacial score (nSPS) is 19.9. The SMILES string of the molecule is CN1CCCC(CNC(=O)NCCCCC(=O)O)C1. The molecule has 0 aliphatic carbocycles. The number of unbranched alkanes of at least 4 members (excludes halogenated alkanes) is 1. The van der Waals surface area contributed by atoms with Gasteiger partial charge in [-0.2, -0.15) is 0 Å². The molecule has 6 nitrogen and oxygen atoms in total. The number of aliphatic carboxylic acids is 1. The van der Waals surface area contributed by atoms with Crippen molar-refractivity contribution >= 4 is 12.0 Å². The molecule has 110 valence electrons. The molecule has 0 spiro atoms. The maximum Gasteiger partial charge on any atom is 0.314 e. The molecule has 6 heteroatoms. The zero-order chi connectivity index (χ0) is 14.1. The average molecular weight is 271 g/mol. The van der Waals surface area contributed by atoms with Crippen LogP contribution in [0.1, 0.15) is 32.1 Å². The Balaban J connectivity index is 2.00. The van der Waals surface area contributed by atoms with E-state index in [0.717, 1.165) is 13.1 Å². The van der Waals surface area contributed by atoms with Gasteiger partial charge >= 0.3 is 12.0 Å². The van der Waals surface area contributed by atoms with Crippen molar-refractivity contribution < 1.29 is 14.7 Å². The summed E-state index contributed by atoms with van der Waals surface area (Å²) in [6, 6.07) is -0.149. The van der Waals surface area contributed by atoms with E-state index < -0.39 is 5.97 Å². The van der Waals surface area contributed by atoms with Crippen LogP contribution in [0.5, 0.6) is 0 Å². The van der Waals surface area contributed by atoms with Crippen molar-refractivity contribution in [2.75, 3.05) is 33.2 Å². The molecule has 3 N–H and O–H groups in total. The summed E-state index contributed by atoms with van der Waals surface area (Å²) < 4.78 is 0. The monoisotopic (exact) mass is 271 g/mol. The fourth-order valence-electron chi connectivity index (χ4n) is 2.34. The number of rotatable bonds is 7. The van der Waals surface area contributed by atoms with E-state index in [1.165, 1.54) is 12.8 Å². The molecule has 0 saturated carbocycles. The fraction of sp³-hybridized carbons (Fsp3) is 0.846. The largest absolute Gasteiger partial charge is 0.481 e. The van der Waals surface area contributed by atoms with Gasteiger partial charge in [-0.25, -0.2) is 4.79 Å². The van der Waals surface area contributed by atoms with E-state index in [1.807, 2.05) is 0 Å². The van der Waals surface area contributed by atoms with Gasteiger partial charge in [-0.1, -0.05) is 0 Å². The van der Waals surface area contributed by atoms with Gasteiger partial charge in [0.1, 0.15) is 0 Å². The first-order valence-electron chi connectivity index (χ1n) is 7.00. The first kappa shape index (κ1) is 15.8.